The van der Waals surface area contributed by atoms with Crippen LogP contribution in [0.25, 0.3) is 0 Å². The molecule has 1 N–H and O–H groups in total. The van der Waals surface area contributed by atoms with E-state index >= 15 is 0 Å². The molecule has 1 aromatic heterocycles. The molecule has 11 heteroatoms. The highest BCUT2D eigenvalue weighted by atomic mass is 32.2. The van der Waals surface area contributed by atoms with Crippen LogP contribution >= 0.6 is 11.8 Å². The van der Waals surface area contributed by atoms with Gasteiger partial charge >= 0.3 is 0 Å². The van der Waals surface area contributed by atoms with Crippen LogP contribution in [0.3, 0.4) is 0 Å². The largest absolute Gasteiger partial charge is 0.483 e. The van der Waals surface area contributed by atoms with E-state index < -0.39 is 23.0 Å². The minimum atomic E-state index is -0.798. The summed E-state index contributed by atoms with van der Waals surface area (Å²) in [6.07, 6.45) is 4.13. The SMILES string of the molecule is C[C@H]1CCN(C2CCSCC2)[C@@H]2Cn3cc(C(=O)NCc4ccc(F)cc4F)c(=O)c(OCc4ccccc4)c3C(=O)N12. The molecule has 6 rings (SSSR count). The number of fused-ring (bicyclic) bond motifs is 2. The van der Waals surface area contributed by atoms with Crippen molar-refractivity contribution in [1.29, 1.82) is 0 Å². The molecule has 43 heavy (non-hydrogen) atoms. The lowest BCUT2D eigenvalue weighted by Gasteiger charge is -2.53. The van der Waals surface area contributed by atoms with Gasteiger partial charge in [-0.1, -0.05) is 36.4 Å². The maximum atomic E-state index is 14.2. The monoisotopic (exact) mass is 608 g/mol. The molecule has 0 spiro atoms. The number of carbonyl (C=O) groups is 2. The van der Waals surface area contributed by atoms with Gasteiger partial charge in [-0.25, -0.2) is 8.78 Å². The lowest BCUT2D eigenvalue weighted by Crippen LogP contribution is -2.66. The Morgan fingerprint density at radius 1 is 1.07 bits per heavy atom. The number of aromatic nitrogens is 1. The van der Waals surface area contributed by atoms with Gasteiger partial charge in [-0.2, -0.15) is 11.8 Å². The normalized spacial score (nSPS) is 20.8. The fourth-order valence-electron chi connectivity index (χ4n) is 6.31. The third-order valence-electron chi connectivity index (χ3n) is 8.60. The van der Waals surface area contributed by atoms with E-state index in [-0.39, 0.29) is 53.8 Å². The Labute approximate surface area is 253 Å². The van der Waals surface area contributed by atoms with Crippen LogP contribution in [0, 0.1) is 11.6 Å². The maximum absolute atomic E-state index is 14.2. The number of thioether (sulfide) groups is 1. The first-order chi connectivity index (χ1) is 20.8. The molecule has 0 bridgehead atoms. The number of benzene rings is 2. The molecule has 0 saturated carbocycles. The quantitative estimate of drug-likeness (QED) is 0.428. The third-order valence-corrected chi connectivity index (χ3v) is 9.65. The fourth-order valence-corrected chi connectivity index (χ4v) is 7.39. The van der Waals surface area contributed by atoms with Gasteiger partial charge in [0.15, 0.2) is 11.4 Å². The average Bonchev–Trinajstić information content (AvgIpc) is 3.01. The molecule has 3 aliphatic rings. The molecular formula is C32H34F2N4O4S. The molecule has 2 amide bonds. The molecule has 3 aliphatic heterocycles. The van der Waals surface area contributed by atoms with Crippen molar-refractivity contribution in [3.8, 4) is 5.75 Å². The predicted molar refractivity (Wildman–Crippen MR) is 160 cm³/mol. The number of nitrogens with zero attached hydrogens (tertiary/aromatic N) is 3. The van der Waals surface area contributed by atoms with Gasteiger partial charge in [0, 0.05) is 43.0 Å². The van der Waals surface area contributed by atoms with E-state index in [0.29, 0.717) is 12.6 Å². The Bertz CT molecular complexity index is 1580. The van der Waals surface area contributed by atoms with Gasteiger partial charge in [-0.15, -0.1) is 0 Å². The first-order valence-corrected chi connectivity index (χ1v) is 15.8. The standard InChI is InChI=1S/C32H34F2N4O4S/c1-20-9-12-37(24-10-13-43-14-11-24)27-18-36-17-25(31(40)35-16-22-7-8-23(33)15-26(22)34)29(39)30(28(36)32(41)38(20)27)42-19-21-5-3-2-4-6-21/h2-8,15,17,20,24,27H,9-14,16,18-19H2,1H3,(H,35,40)/t20-,27-/m0/s1. The summed E-state index contributed by atoms with van der Waals surface area (Å²) in [5.74, 6) is -0.564. The second-order valence-electron chi connectivity index (χ2n) is 11.3. The van der Waals surface area contributed by atoms with E-state index in [1.807, 2.05) is 53.9 Å². The number of halogens is 2. The van der Waals surface area contributed by atoms with E-state index in [9.17, 15) is 23.2 Å². The highest BCUT2D eigenvalue weighted by Gasteiger charge is 2.45. The van der Waals surface area contributed by atoms with Gasteiger partial charge in [-0.05, 0) is 49.3 Å². The van der Waals surface area contributed by atoms with Crippen molar-refractivity contribution in [2.24, 2.45) is 0 Å². The van der Waals surface area contributed by atoms with Gasteiger partial charge in [0.05, 0.1) is 6.54 Å². The van der Waals surface area contributed by atoms with Gasteiger partial charge in [0.1, 0.15) is 30.0 Å². The summed E-state index contributed by atoms with van der Waals surface area (Å²) in [5.41, 5.74) is 0.0934. The van der Waals surface area contributed by atoms with Crippen LogP contribution in [0.5, 0.6) is 5.75 Å². The van der Waals surface area contributed by atoms with Crippen molar-refractivity contribution >= 4 is 23.6 Å². The summed E-state index contributed by atoms with van der Waals surface area (Å²) in [5, 5.41) is 2.58. The first-order valence-electron chi connectivity index (χ1n) is 14.6. The predicted octanol–water partition coefficient (Wildman–Crippen LogP) is 4.41. The van der Waals surface area contributed by atoms with Crippen LogP contribution in [0.15, 0.2) is 59.5 Å². The number of pyridine rings is 1. The van der Waals surface area contributed by atoms with E-state index in [4.69, 9.17) is 4.74 Å². The summed E-state index contributed by atoms with van der Waals surface area (Å²) in [4.78, 5) is 45.7. The summed E-state index contributed by atoms with van der Waals surface area (Å²) in [6.45, 7) is 3.08. The molecule has 226 valence electrons. The first kappa shape index (κ1) is 29.4. The zero-order valence-electron chi connectivity index (χ0n) is 23.9. The van der Waals surface area contributed by atoms with Crippen LogP contribution in [0.1, 0.15) is 58.2 Å². The molecule has 0 unspecified atom stereocenters. The molecule has 3 aromatic rings. The number of ether oxygens (including phenoxy) is 1. The maximum Gasteiger partial charge on any atom is 0.276 e. The summed E-state index contributed by atoms with van der Waals surface area (Å²) < 4.78 is 35.3. The number of carbonyl (C=O) groups excluding carboxylic acids is 2. The third kappa shape index (κ3) is 5.92. The van der Waals surface area contributed by atoms with Gasteiger partial charge in [0.2, 0.25) is 5.43 Å². The molecule has 8 nitrogen and oxygen atoms in total. The number of rotatable bonds is 7. The zero-order valence-corrected chi connectivity index (χ0v) is 24.7. The minimum absolute atomic E-state index is 0.0221. The topological polar surface area (TPSA) is 83.9 Å². The number of nitrogens with one attached hydrogen (secondary N) is 1. The van der Waals surface area contributed by atoms with Crippen molar-refractivity contribution in [1.82, 2.24) is 19.7 Å². The molecule has 0 aliphatic carbocycles. The van der Waals surface area contributed by atoms with Gasteiger partial charge < -0.3 is 19.5 Å². The second-order valence-corrected chi connectivity index (χ2v) is 12.5. The lowest BCUT2D eigenvalue weighted by atomic mass is 9.99. The van der Waals surface area contributed by atoms with Gasteiger partial charge in [-0.3, -0.25) is 19.3 Å². The Morgan fingerprint density at radius 2 is 1.84 bits per heavy atom. The molecule has 0 radical (unpaired) electrons. The summed E-state index contributed by atoms with van der Waals surface area (Å²) >= 11 is 1.95. The van der Waals surface area contributed by atoms with E-state index in [0.717, 1.165) is 55.0 Å². The number of hydrogen-bond acceptors (Lipinski definition) is 6. The number of hydrogen-bond donors (Lipinski definition) is 1. The molecule has 4 heterocycles. The summed E-state index contributed by atoms with van der Waals surface area (Å²) in [7, 11) is 0. The Hall–Kier alpha value is -3.70. The van der Waals surface area contributed by atoms with Crippen molar-refractivity contribution in [2.45, 2.75) is 64.1 Å². The van der Waals surface area contributed by atoms with Crippen molar-refractivity contribution in [2.75, 3.05) is 18.1 Å². The van der Waals surface area contributed by atoms with Crippen molar-refractivity contribution in [3.05, 3.63) is 99.0 Å². The number of amides is 2. The zero-order chi connectivity index (χ0) is 30.1. The highest BCUT2D eigenvalue weighted by molar-refractivity contribution is 7.99. The minimum Gasteiger partial charge on any atom is -0.483 e. The van der Waals surface area contributed by atoms with Crippen molar-refractivity contribution in [3.63, 3.8) is 0 Å². The van der Waals surface area contributed by atoms with Crippen LogP contribution < -0.4 is 15.5 Å². The molecule has 2 saturated heterocycles. The highest BCUT2D eigenvalue weighted by Crippen LogP contribution is 2.35. The molecular weight excluding hydrogens is 574 g/mol. The molecule has 2 atom stereocenters. The molecule has 2 fully saturated rings. The van der Waals surface area contributed by atoms with Crippen molar-refractivity contribution < 1.29 is 23.1 Å². The Balaban J connectivity index is 1.37. The second kappa shape index (κ2) is 12.5. The van der Waals surface area contributed by atoms with Crippen LogP contribution in [-0.2, 0) is 19.7 Å². The van der Waals surface area contributed by atoms with Crippen LogP contribution in [0.2, 0.25) is 0 Å². The van der Waals surface area contributed by atoms with E-state index in [2.05, 4.69) is 10.2 Å². The van der Waals surface area contributed by atoms with Crippen LogP contribution in [0.4, 0.5) is 8.78 Å². The average molecular weight is 609 g/mol. The lowest BCUT2D eigenvalue weighted by molar-refractivity contribution is -0.0531. The Morgan fingerprint density at radius 3 is 2.58 bits per heavy atom. The Kier molecular flexibility index (Phi) is 8.54. The van der Waals surface area contributed by atoms with E-state index in [1.165, 1.54) is 12.3 Å². The molecule has 2 aromatic carbocycles. The van der Waals surface area contributed by atoms with Crippen LogP contribution in [-0.4, -0.2) is 62.5 Å². The summed E-state index contributed by atoms with van der Waals surface area (Å²) in [6, 6.07) is 12.7. The smallest absolute Gasteiger partial charge is 0.276 e. The van der Waals surface area contributed by atoms with Gasteiger partial charge in [0.25, 0.3) is 11.8 Å². The fraction of sp³-hybridized carbons (Fsp3) is 0.406. The van der Waals surface area contributed by atoms with E-state index in [1.54, 1.807) is 4.57 Å².